The summed E-state index contributed by atoms with van der Waals surface area (Å²) >= 11 is 7.12. The molecule has 0 heterocycles. The van der Waals surface area contributed by atoms with E-state index in [0.717, 1.165) is 4.90 Å². The normalized spacial score (nSPS) is 12.2. The molecule has 1 atom stereocenters. The average Bonchev–Trinajstić information content (AvgIpc) is 2.35. The van der Waals surface area contributed by atoms with Gasteiger partial charge in [-0.25, -0.2) is 0 Å². The molecule has 1 amide bonds. The molecule has 0 saturated heterocycles. The summed E-state index contributed by atoms with van der Waals surface area (Å²) < 4.78 is 0. The van der Waals surface area contributed by atoms with Crippen molar-refractivity contribution in [3.8, 4) is 0 Å². The second-order valence-electron chi connectivity index (χ2n) is 3.38. The number of carbonyl (C=O) groups excluding carboxylic acids is 1. The molecule has 0 aliphatic carbocycles. The van der Waals surface area contributed by atoms with Crippen LogP contribution in [0.1, 0.15) is 0 Å². The molecular weight excluding hydrogens is 262 g/mol. The fourth-order valence-corrected chi connectivity index (χ4v) is 1.88. The fraction of sp³-hybridized carbons (Fsp3) is 0.364. The van der Waals surface area contributed by atoms with Gasteiger partial charge in [0.25, 0.3) is 0 Å². The largest absolute Gasteiger partial charge is 0.394 e. The first-order chi connectivity index (χ1) is 8.11. The molecule has 0 aromatic heterocycles. The summed E-state index contributed by atoms with van der Waals surface area (Å²) in [5, 5.41) is 20.8. The minimum Gasteiger partial charge on any atom is -0.394 e. The van der Waals surface area contributed by atoms with Gasteiger partial charge >= 0.3 is 0 Å². The first-order valence-electron chi connectivity index (χ1n) is 5.06. The van der Waals surface area contributed by atoms with Crippen LogP contribution in [0.3, 0.4) is 0 Å². The summed E-state index contributed by atoms with van der Waals surface area (Å²) in [6.07, 6.45) is -0.903. The maximum Gasteiger partial charge on any atom is 0.230 e. The van der Waals surface area contributed by atoms with E-state index in [-0.39, 0.29) is 24.8 Å². The van der Waals surface area contributed by atoms with Crippen molar-refractivity contribution in [2.24, 2.45) is 0 Å². The molecule has 4 nitrogen and oxygen atoms in total. The molecule has 94 valence electrons. The number of nitrogens with one attached hydrogen (secondary N) is 1. The lowest BCUT2D eigenvalue weighted by Crippen LogP contribution is -2.34. The monoisotopic (exact) mass is 275 g/mol. The Bertz CT molecular complexity index is 358. The minimum atomic E-state index is -0.903. The molecule has 1 unspecified atom stereocenters. The molecule has 0 radical (unpaired) electrons. The third-order valence-electron chi connectivity index (χ3n) is 1.93. The lowest BCUT2D eigenvalue weighted by Gasteiger charge is -2.08. The van der Waals surface area contributed by atoms with Gasteiger partial charge in [-0.05, 0) is 24.3 Å². The van der Waals surface area contributed by atoms with E-state index in [2.05, 4.69) is 5.32 Å². The zero-order valence-electron chi connectivity index (χ0n) is 9.10. The van der Waals surface area contributed by atoms with Gasteiger partial charge in [-0.1, -0.05) is 11.6 Å². The van der Waals surface area contributed by atoms with E-state index in [0.29, 0.717) is 5.02 Å². The van der Waals surface area contributed by atoms with E-state index in [1.807, 2.05) is 12.1 Å². The summed E-state index contributed by atoms with van der Waals surface area (Å²) in [6.45, 7) is -0.291. The smallest absolute Gasteiger partial charge is 0.230 e. The standard InChI is InChI=1S/C11H14ClNO3S/c12-8-1-3-10(4-2-8)17-7-11(16)13-5-9(15)6-14/h1-4,9,14-15H,5-7H2,(H,13,16). The highest BCUT2D eigenvalue weighted by Gasteiger charge is 2.06. The predicted molar refractivity (Wildman–Crippen MR) is 68.3 cm³/mol. The van der Waals surface area contributed by atoms with Crippen molar-refractivity contribution in [1.29, 1.82) is 0 Å². The summed E-state index contributed by atoms with van der Waals surface area (Å²) in [4.78, 5) is 12.3. The van der Waals surface area contributed by atoms with E-state index >= 15 is 0 Å². The van der Waals surface area contributed by atoms with Crippen molar-refractivity contribution in [3.63, 3.8) is 0 Å². The number of amides is 1. The van der Waals surface area contributed by atoms with E-state index in [9.17, 15) is 4.79 Å². The number of hydrogen-bond donors (Lipinski definition) is 3. The molecular formula is C11H14ClNO3S. The van der Waals surface area contributed by atoms with E-state index in [1.54, 1.807) is 12.1 Å². The molecule has 6 heteroatoms. The van der Waals surface area contributed by atoms with Gasteiger partial charge < -0.3 is 15.5 Å². The Labute approximate surface area is 109 Å². The van der Waals surface area contributed by atoms with Crippen molar-refractivity contribution >= 4 is 29.3 Å². The van der Waals surface area contributed by atoms with Gasteiger partial charge in [0.15, 0.2) is 0 Å². The van der Waals surface area contributed by atoms with Crippen molar-refractivity contribution in [2.75, 3.05) is 18.9 Å². The summed E-state index contributed by atoms with van der Waals surface area (Å²) in [7, 11) is 0. The van der Waals surface area contributed by atoms with Crippen molar-refractivity contribution in [3.05, 3.63) is 29.3 Å². The Kier molecular flexibility index (Phi) is 6.36. The maximum absolute atomic E-state index is 11.4. The lowest BCUT2D eigenvalue weighted by atomic mass is 10.4. The SMILES string of the molecule is O=C(CSc1ccc(Cl)cc1)NCC(O)CO. The van der Waals surface area contributed by atoms with Crippen LogP contribution in [0.25, 0.3) is 0 Å². The molecule has 3 N–H and O–H groups in total. The first kappa shape index (κ1) is 14.3. The maximum atomic E-state index is 11.4. The third-order valence-corrected chi connectivity index (χ3v) is 3.19. The molecule has 17 heavy (non-hydrogen) atoms. The quantitative estimate of drug-likeness (QED) is 0.675. The molecule has 0 bridgehead atoms. The number of aliphatic hydroxyl groups is 2. The number of hydrogen-bond acceptors (Lipinski definition) is 4. The Morgan fingerprint density at radius 1 is 1.41 bits per heavy atom. The first-order valence-corrected chi connectivity index (χ1v) is 6.42. The van der Waals surface area contributed by atoms with Gasteiger partial charge in [0.2, 0.25) is 5.91 Å². The van der Waals surface area contributed by atoms with Crippen molar-refractivity contribution in [1.82, 2.24) is 5.32 Å². The van der Waals surface area contributed by atoms with Crippen molar-refractivity contribution in [2.45, 2.75) is 11.0 Å². The van der Waals surface area contributed by atoms with Crippen LogP contribution in [0.15, 0.2) is 29.2 Å². The van der Waals surface area contributed by atoms with E-state index < -0.39 is 6.10 Å². The topological polar surface area (TPSA) is 69.6 Å². The number of aliphatic hydroxyl groups excluding tert-OH is 2. The van der Waals surface area contributed by atoms with Crippen molar-refractivity contribution < 1.29 is 15.0 Å². The summed E-state index contributed by atoms with van der Waals surface area (Å²) in [5.74, 6) is 0.0808. The Morgan fingerprint density at radius 3 is 2.65 bits per heavy atom. The highest BCUT2D eigenvalue weighted by atomic mass is 35.5. The average molecular weight is 276 g/mol. The molecule has 0 aliphatic rings. The number of benzene rings is 1. The van der Waals surface area contributed by atoms with Crippen LogP contribution < -0.4 is 5.32 Å². The van der Waals surface area contributed by atoms with Gasteiger partial charge in [0.1, 0.15) is 0 Å². The predicted octanol–water partition coefficient (Wildman–Crippen LogP) is 0.901. The highest BCUT2D eigenvalue weighted by Crippen LogP contribution is 2.19. The number of thioether (sulfide) groups is 1. The fourth-order valence-electron chi connectivity index (χ4n) is 1.03. The number of rotatable bonds is 6. The van der Waals surface area contributed by atoms with Gasteiger partial charge in [-0.15, -0.1) is 11.8 Å². The summed E-state index contributed by atoms with van der Waals surface area (Å²) in [6, 6.07) is 7.19. The molecule has 0 spiro atoms. The van der Waals surface area contributed by atoms with Gasteiger partial charge in [-0.2, -0.15) is 0 Å². The van der Waals surface area contributed by atoms with Crippen LogP contribution in [0.4, 0.5) is 0 Å². The highest BCUT2D eigenvalue weighted by molar-refractivity contribution is 8.00. The van der Waals surface area contributed by atoms with E-state index in [1.165, 1.54) is 11.8 Å². The van der Waals surface area contributed by atoms with Crippen LogP contribution in [-0.4, -0.2) is 41.1 Å². The molecule has 0 saturated carbocycles. The van der Waals surface area contributed by atoms with Crippen LogP contribution in [0.2, 0.25) is 5.02 Å². The lowest BCUT2D eigenvalue weighted by molar-refractivity contribution is -0.119. The van der Waals surface area contributed by atoms with Gasteiger partial charge in [0, 0.05) is 16.5 Å². The molecule has 1 aromatic rings. The van der Waals surface area contributed by atoms with Gasteiger partial charge in [-0.3, -0.25) is 4.79 Å². The second kappa shape index (κ2) is 7.55. The van der Waals surface area contributed by atoms with Crippen LogP contribution in [0.5, 0.6) is 0 Å². The number of carbonyl (C=O) groups is 1. The molecule has 0 aliphatic heterocycles. The molecule has 0 fully saturated rings. The van der Waals surface area contributed by atoms with Crippen LogP contribution >= 0.6 is 23.4 Å². The minimum absolute atomic E-state index is 0.0660. The second-order valence-corrected chi connectivity index (χ2v) is 4.87. The molecule has 1 aromatic carbocycles. The van der Waals surface area contributed by atoms with Crippen LogP contribution in [-0.2, 0) is 4.79 Å². The Balaban J connectivity index is 2.26. The number of halogens is 1. The Morgan fingerprint density at radius 2 is 2.06 bits per heavy atom. The Hall–Kier alpha value is -0.750. The molecule has 1 rings (SSSR count). The van der Waals surface area contributed by atoms with Crippen LogP contribution in [0, 0.1) is 0 Å². The zero-order chi connectivity index (χ0) is 12.7. The van der Waals surface area contributed by atoms with Gasteiger partial charge in [0.05, 0.1) is 18.5 Å². The van der Waals surface area contributed by atoms with E-state index in [4.69, 9.17) is 21.8 Å². The zero-order valence-corrected chi connectivity index (χ0v) is 10.7. The summed E-state index contributed by atoms with van der Waals surface area (Å²) in [5.41, 5.74) is 0. The third kappa shape index (κ3) is 5.93.